The molecule has 0 aliphatic rings. The molecule has 0 bridgehead atoms. The molecule has 1 aromatic rings. The molecule has 9 heteroatoms. The van der Waals surface area contributed by atoms with Crippen molar-refractivity contribution >= 4 is 27.6 Å². The van der Waals surface area contributed by atoms with Gasteiger partial charge in [-0.2, -0.15) is 0 Å². The van der Waals surface area contributed by atoms with Gasteiger partial charge < -0.3 is 15.0 Å². The highest BCUT2D eigenvalue weighted by Crippen LogP contribution is 2.11. The van der Waals surface area contributed by atoms with Crippen LogP contribution in [0.15, 0.2) is 29.2 Å². The van der Waals surface area contributed by atoms with Crippen molar-refractivity contribution in [2.45, 2.75) is 18.7 Å². The Morgan fingerprint density at radius 1 is 1.12 bits per heavy atom. The maximum Gasteiger partial charge on any atom is 0.338 e. The number of hydrogen-bond donors (Lipinski definition) is 1. The first-order valence-corrected chi connectivity index (χ1v) is 9.59. The molecule has 25 heavy (non-hydrogen) atoms. The minimum Gasteiger partial charge on any atom is -0.452 e. The van der Waals surface area contributed by atoms with Gasteiger partial charge in [0, 0.05) is 19.3 Å². The molecule has 1 aromatic carbocycles. The molecule has 1 N–H and O–H groups in total. The summed E-state index contributed by atoms with van der Waals surface area (Å²) in [7, 11) is -3.35. The van der Waals surface area contributed by atoms with Crippen molar-refractivity contribution in [1.29, 1.82) is 0 Å². The minimum atomic E-state index is -3.35. The summed E-state index contributed by atoms with van der Waals surface area (Å²) in [6.45, 7) is 3.64. The van der Waals surface area contributed by atoms with Gasteiger partial charge in [-0.15, -0.1) is 0 Å². The van der Waals surface area contributed by atoms with Gasteiger partial charge in [0.25, 0.3) is 5.91 Å². The van der Waals surface area contributed by atoms with Crippen molar-refractivity contribution in [3.05, 3.63) is 29.8 Å². The van der Waals surface area contributed by atoms with Gasteiger partial charge in [0.2, 0.25) is 5.91 Å². The van der Waals surface area contributed by atoms with Crippen LogP contribution in [0.5, 0.6) is 0 Å². The number of hydrogen-bond acceptors (Lipinski definition) is 6. The van der Waals surface area contributed by atoms with E-state index in [9.17, 15) is 22.8 Å². The highest BCUT2D eigenvalue weighted by atomic mass is 32.2. The van der Waals surface area contributed by atoms with Gasteiger partial charge in [-0.05, 0) is 38.1 Å². The molecule has 2 amide bonds. The van der Waals surface area contributed by atoms with Crippen LogP contribution in [0.2, 0.25) is 0 Å². The summed E-state index contributed by atoms with van der Waals surface area (Å²) in [4.78, 5) is 36.8. The second-order valence-corrected chi connectivity index (χ2v) is 7.25. The number of ether oxygens (including phenoxy) is 1. The predicted octanol–water partition coefficient (Wildman–Crippen LogP) is 0.232. The zero-order valence-corrected chi connectivity index (χ0v) is 15.3. The summed E-state index contributed by atoms with van der Waals surface area (Å²) >= 11 is 0. The molecule has 0 atom stereocenters. The van der Waals surface area contributed by atoms with Crippen LogP contribution in [0.25, 0.3) is 0 Å². The van der Waals surface area contributed by atoms with Crippen molar-refractivity contribution in [1.82, 2.24) is 10.2 Å². The molecule has 0 unspecified atom stereocenters. The van der Waals surface area contributed by atoms with Crippen molar-refractivity contribution in [3.8, 4) is 0 Å². The Morgan fingerprint density at radius 3 is 2.20 bits per heavy atom. The van der Waals surface area contributed by atoms with Crippen LogP contribution in [0.1, 0.15) is 24.2 Å². The number of carbonyl (C=O) groups is 3. The molecule has 0 fully saturated rings. The lowest BCUT2D eigenvalue weighted by molar-refractivity contribution is -0.138. The SMILES string of the molecule is CCNC(=O)CN(CC)C(=O)COC(=O)c1ccc(S(C)(=O)=O)cc1. The molecule has 1 rings (SSSR count). The van der Waals surface area contributed by atoms with E-state index in [2.05, 4.69) is 5.32 Å². The van der Waals surface area contributed by atoms with Gasteiger partial charge in [-0.1, -0.05) is 0 Å². The predicted molar refractivity (Wildman–Crippen MR) is 90.8 cm³/mol. The van der Waals surface area contributed by atoms with Crippen molar-refractivity contribution in [2.24, 2.45) is 0 Å². The van der Waals surface area contributed by atoms with Crippen LogP contribution in [0.4, 0.5) is 0 Å². The smallest absolute Gasteiger partial charge is 0.338 e. The third-order valence-corrected chi connectivity index (χ3v) is 4.42. The van der Waals surface area contributed by atoms with E-state index in [4.69, 9.17) is 4.74 Å². The average Bonchev–Trinajstić information content (AvgIpc) is 2.56. The molecule has 0 saturated carbocycles. The molecule has 0 aromatic heterocycles. The lowest BCUT2D eigenvalue weighted by Crippen LogP contribution is -2.42. The van der Waals surface area contributed by atoms with E-state index in [1.807, 2.05) is 0 Å². The second-order valence-electron chi connectivity index (χ2n) is 5.23. The van der Waals surface area contributed by atoms with Crippen LogP contribution in [0.3, 0.4) is 0 Å². The molecule has 0 saturated heterocycles. The number of benzene rings is 1. The number of esters is 1. The molecule has 0 aliphatic carbocycles. The maximum atomic E-state index is 12.0. The van der Waals surface area contributed by atoms with E-state index in [1.165, 1.54) is 29.2 Å². The molecule has 0 aliphatic heterocycles. The van der Waals surface area contributed by atoms with Crippen LogP contribution < -0.4 is 5.32 Å². The quantitative estimate of drug-likeness (QED) is 0.656. The van der Waals surface area contributed by atoms with E-state index >= 15 is 0 Å². The number of amides is 2. The molecule has 8 nitrogen and oxygen atoms in total. The first kappa shape index (κ1) is 20.6. The van der Waals surface area contributed by atoms with Crippen LogP contribution in [0, 0.1) is 0 Å². The summed E-state index contributed by atoms with van der Waals surface area (Å²) in [6.07, 6.45) is 1.06. The topological polar surface area (TPSA) is 110 Å². The number of rotatable bonds is 8. The van der Waals surface area contributed by atoms with Gasteiger partial charge >= 0.3 is 5.97 Å². The fraction of sp³-hybridized carbons (Fsp3) is 0.438. The molecule has 138 valence electrons. The standard InChI is InChI=1S/C16H22N2O6S/c1-4-17-14(19)10-18(5-2)15(20)11-24-16(21)12-6-8-13(9-7-12)25(3,22)23/h6-9H,4-5,10-11H2,1-3H3,(H,17,19). The minimum absolute atomic E-state index is 0.0826. The lowest BCUT2D eigenvalue weighted by atomic mass is 10.2. The molecular formula is C16H22N2O6S. The Morgan fingerprint density at radius 2 is 1.72 bits per heavy atom. The van der Waals surface area contributed by atoms with E-state index < -0.39 is 28.3 Å². The van der Waals surface area contributed by atoms with E-state index in [1.54, 1.807) is 13.8 Å². The molecule has 0 heterocycles. The Balaban J connectivity index is 2.62. The fourth-order valence-electron chi connectivity index (χ4n) is 1.94. The number of nitrogens with one attached hydrogen (secondary N) is 1. The van der Waals surface area contributed by atoms with Gasteiger partial charge in [0.15, 0.2) is 16.4 Å². The van der Waals surface area contributed by atoms with Gasteiger partial charge in [-0.3, -0.25) is 9.59 Å². The summed E-state index contributed by atoms with van der Waals surface area (Å²) in [5.74, 6) is -1.53. The van der Waals surface area contributed by atoms with E-state index in [0.29, 0.717) is 13.1 Å². The summed E-state index contributed by atoms with van der Waals surface area (Å²) in [6, 6.07) is 5.22. The first-order chi connectivity index (χ1) is 11.7. The third-order valence-electron chi connectivity index (χ3n) is 3.29. The molecular weight excluding hydrogens is 348 g/mol. The second kappa shape index (κ2) is 9.16. The van der Waals surface area contributed by atoms with Gasteiger partial charge in [0.05, 0.1) is 17.0 Å². The van der Waals surface area contributed by atoms with Crippen LogP contribution in [-0.2, 0) is 24.2 Å². The zero-order valence-electron chi connectivity index (χ0n) is 14.4. The zero-order chi connectivity index (χ0) is 19.0. The molecule has 0 spiro atoms. The maximum absolute atomic E-state index is 12.0. The highest BCUT2D eigenvalue weighted by Gasteiger charge is 2.18. The Labute approximate surface area is 147 Å². The number of nitrogens with zero attached hydrogens (tertiary/aromatic N) is 1. The van der Waals surface area contributed by atoms with Crippen molar-refractivity contribution in [2.75, 3.05) is 32.5 Å². The normalized spacial score (nSPS) is 10.8. The third kappa shape index (κ3) is 6.54. The number of likely N-dealkylation sites (N-methyl/N-ethyl adjacent to an activating group) is 2. The monoisotopic (exact) mass is 370 g/mol. The summed E-state index contributed by atoms with van der Waals surface area (Å²) in [5, 5.41) is 2.58. The van der Waals surface area contributed by atoms with Gasteiger partial charge in [-0.25, -0.2) is 13.2 Å². The number of sulfone groups is 1. The van der Waals surface area contributed by atoms with E-state index in [-0.39, 0.29) is 22.9 Å². The van der Waals surface area contributed by atoms with E-state index in [0.717, 1.165) is 6.26 Å². The summed E-state index contributed by atoms with van der Waals surface area (Å²) in [5.41, 5.74) is 0.131. The fourth-order valence-corrected chi connectivity index (χ4v) is 2.57. The largest absolute Gasteiger partial charge is 0.452 e. The Kier molecular flexibility index (Phi) is 7.56. The van der Waals surface area contributed by atoms with Crippen LogP contribution >= 0.6 is 0 Å². The Bertz CT molecular complexity index is 727. The average molecular weight is 370 g/mol. The highest BCUT2D eigenvalue weighted by molar-refractivity contribution is 7.90. The summed E-state index contributed by atoms with van der Waals surface area (Å²) < 4.78 is 27.7. The van der Waals surface area contributed by atoms with Crippen molar-refractivity contribution < 1.29 is 27.5 Å². The lowest BCUT2D eigenvalue weighted by Gasteiger charge is -2.20. The Hall–Kier alpha value is -2.42. The molecule has 0 radical (unpaired) electrons. The number of carbonyl (C=O) groups excluding carboxylic acids is 3. The first-order valence-electron chi connectivity index (χ1n) is 7.70. The van der Waals surface area contributed by atoms with Crippen LogP contribution in [-0.4, -0.2) is 63.6 Å². The van der Waals surface area contributed by atoms with Crippen molar-refractivity contribution in [3.63, 3.8) is 0 Å². The van der Waals surface area contributed by atoms with Gasteiger partial charge in [0.1, 0.15) is 0 Å².